The number of carbonyl (C=O) groups is 2. The van der Waals surface area contributed by atoms with Crippen molar-refractivity contribution in [1.29, 1.82) is 0 Å². The lowest BCUT2D eigenvalue weighted by molar-refractivity contribution is -0.146. The Morgan fingerprint density at radius 3 is 2.29 bits per heavy atom. The summed E-state index contributed by atoms with van der Waals surface area (Å²) in [7, 11) is -3.70. The standard InChI is InChI=1S/C18H16F3NO5S/c1-11-2-4-12(5-3-11)28(25,26)9-8-16(24)27-10-15(23)22-14-7-6-13(19)17(20)18(14)21/h2-7H,8-10H2,1H3,(H,22,23). The molecule has 1 N–H and O–H groups in total. The summed E-state index contributed by atoms with van der Waals surface area (Å²) < 4.78 is 68.2. The summed E-state index contributed by atoms with van der Waals surface area (Å²) >= 11 is 0. The number of hydrogen-bond donors (Lipinski definition) is 1. The van der Waals surface area contributed by atoms with Crippen LogP contribution >= 0.6 is 0 Å². The number of nitrogens with one attached hydrogen (secondary N) is 1. The van der Waals surface area contributed by atoms with Crippen molar-refractivity contribution in [2.75, 3.05) is 17.7 Å². The lowest BCUT2D eigenvalue weighted by Gasteiger charge is -2.08. The van der Waals surface area contributed by atoms with Crippen molar-refractivity contribution in [2.24, 2.45) is 0 Å². The van der Waals surface area contributed by atoms with Crippen molar-refractivity contribution in [2.45, 2.75) is 18.2 Å². The maximum atomic E-state index is 13.5. The average molecular weight is 415 g/mol. The second-order valence-corrected chi connectivity index (χ2v) is 7.92. The van der Waals surface area contributed by atoms with Gasteiger partial charge in [0.05, 0.1) is 22.8 Å². The first kappa shape index (κ1) is 21.4. The van der Waals surface area contributed by atoms with Crippen LogP contribution in [0, 0.1) is 24.4 Å². The molecule has 150 valence electrons. The van der Waals surface area contributed by atoms with Crippen molar-refractivity contribution in [3.05, 3.63) is 59.4 Å². The van der Waals surface area contributed by atoms with Crippen LogP contribution in [0.3, 0.4) is 0 Å². The molecule has 6 nitrogen and oxygen atoms in total. The molecule has 0 aliphatic carbocycles. The van der Waals surface area contributed by atoms with E-state index in [9.17, 15) is 31.2 Å². The number of rotatable bonds is 7. The largest absolute Gasteiger partial charge is 0.456 e. The van der Waals surface area contributed by atoms with Crippen LogP contribution in [0.5, 0.6) is 0 Å². The number of carbonyl (C=O) groups excluding carboxylic acids is 2. The number of amides is 1. The Labute approximate surface area is 159 Å². The molecule has 10 heteroatoms. The fraction of sp³-hybridized carbons (Fsp3) is 0.222. The van der Waals surface area contributed by atoms with Gasteiger partial charge in [0.1, 0.15) is 0 Å². The van der Waals surface area contributed by atoms with Crippen molar-refractivity contribution in [3.63, 3.8) is 0 Å². The Morgan fingerprint density at radius 1 is 1.00 bits per heavy atom. The predicted molar refractivity (Wildman–Crippen MR) is 93.8 cm³/mol. The van der Waals surface area contributed by atoms with Crippen LogP contribution in [0.2, 0.25) is 0 Å². The Kier molecular flexibility index (Phi) is 6.79. The summed E-state index contributed by atoms with van der Waals surface area (Å²) in [4.78, 5) is 23.3. The van der Waals surface area contributed by atoms with E-state index in [1.54, 1.807) is 19.1 Å². The minimum absolute atomic E-state index is 0.0532. The van der Waals surface area contributed by atoms with Crippen LogP contribution in [0.4, 0.5) is 18.9 Å². The van der Waals surface area contributed by atoms with Gasteiger partial charge in [-0.2, -0.15) is 0 Å². The highest BCUT2D eigenvalue weighted by Crippen LogP contribution is 2.19. The number of aryl methyl sites for hydroxylation is 1. The Bertz CT molecular complexity index is 991. The first-order valence-electron chi connectivity index (χ1n) is 7.98. The minimum atomic E-state index is -3.70. The van der Waals surface area contributed by atoms with Gasteiger partial charge >= 0.3 is 5.97 Å². The molecule has 0 saturated carbocycles. The van der Waals surface area contributed by atoms with E-state index in [1.165, 1.54) is 12.1 Å². The van der Waals surface area contributed by atoms with Gasteiger partial charge < -0.3 is 10.1 Å². The first-order valence-corrected chi connectivity index (χ1v) is 9.64. The molecule has 0 fully saturated rings. The number of sulfone groups is 1. The topological polar surface area (TPSA) is 89.5 Å². The summed E-state index contributed by atoms with van der Waals surface area (Å²) in [6, 6.07) is 7.50. The molecule has 2 rings (SSSR count). The van der Waals surface area contributed by atoms with Gasteiger partial charge in [-0.3, -0.25) is 9.59 Å². The predicted octanol–water partition coefficient (Wildman–Crippen LogP) is 2.76. The normalized spacial score (nSPS) is 11.1. The Morgan fingerprint density at radius 2 is 1.64 bits per heavy atom. The van der Waals surface area contributed by atoms with Gasteiger partial charge in [0.2, 0.25) is 0 Å². The number of halogens is 3. The van der Waals surface area contributed by atoms with E-state index in [1.807, 2.05) is 5.32 Å². The van der Waals surface area contributed by atoms with Crippen LogP contribution in [0.25, 0.3) is 0 Å². The molecule has 1 amide bonds. The summed E-state index contributed by atoms with van der Waals surface area (Å²) in [6.45, 7) is 0.951. The zero-order chi connectivity index (χ0) is 20.9. The van der Waals surface area contributed by atoms with Gasteiger partial charge in [-0.25, -0.2) is 21.6 Å². The van der Waals surface area contributed by atoms with Crippen LogP contribution in [-0.2, 0) is 24.2 Å². The van der Waals surface area contributed by atoms with Gasteiger partial charge in [0.15, 0.2) is 33.9 Å². The summed E-state index contributed by atoms with van der Waals surface area (Å²) in [5.74, 6) is -7.25. The smallest absolute Gasteiger partial charge is 0.307 e. The van der Waals surface area contributed by atoms with Gasteiger partial charge in [0, 0.05) is 0 Å². The highest BCUT2D eigenvalue weighted by Gasteiger charge is 2.19. The zero-order valence-electron chi connectivity index (χ0n) is 14.7. The van der Waals surface area contributed by atoms with E-state index in [-0.39, 0.29) is 4.90 Å². The fourth-order valence-electron chi connectivity index (χ4n) is 2.11. The van der Waals surface area contributed by atoms with E-state index < -0.39 is 63.6 Å². The highest BCUT2D eigenvalue weighted by molar-refractivity contribution is 7.91. The molecular formula is C18H16F3NO5S. The quantitative estimate of drug-likeness (QED) is 0.555. The maximum Gasteiger partial charge on any atom is 0.307 e. The second kappa shape index (κ2) is 8.87. The molecule has 0 bridgehead atoms. The number of hydrogen-bond acceptors (Lipinski definition) is 5. The fourth-order valence-corrected chi connectivity index (χ4v) is 3.33. The lowest BCUT2D eigenvalue weighted by atomic mass is 10.2. The van der Waals surface area contributed by atoms with E-state index >= 15 is 0 Å². The molecule has 0 saturated heterocycles. The summed E-state index contributed by atoms with van der Waals surface area (Å²) in [5, 5.41) is 1.92. The Hall–Kier alpha value is -2.88. The average Bonchev–Trinajstić information content (AvgIpc) is 2.65. The summed E-state index contributed by atoms with van der Waals surface area (Å²) in [6.07, 6.45) is -0.497. The van der Waals surface area contributed by atoms with Crippen molar-refractivity contribution >= 4 is 27.4 Å². The molecule has 0 spiro atoms. The van der Waals surface area contributed by atoms with Crippen LogP contribution in [0.1, 0.15) is 12.0 Å². The van der Waals surface area contributed by atoms with Crippen molar-refractivity contribution < 1.29 is 35.9 Å². The van der Waals surface area contributed by atoms with Gasteiger partial charge in [0.25, 0.3) is 5.91 Å². The highest BCUT2D eigenvalue weighted by atomic mass is 32.2. The molecule has 28 heavy (non-hydrogen) atoms. The molecule has 2 aromatic rings. The van der Waals surface area contributed by atoms with Gasteiger partial charge in [-0.1, -0.05) is 17.7 Å². The van der Waals surface area contributed by atoms with Crippen molar-refractivity contribution in [3.8, 4) is 0 Å². The third-order valence-electron chi connectivity index (χ3n) is 3.63. The van der Waals surface area contributed by atoms with Crippen LogP contribution in [0.15, 0.2) is 41.3 Å². The molecule has 0 atom stereocenters. The maximum absolute atomic E-state index is 13.5. The molecular weight excluding hydrogens is 399 g/mol. The van der Waals surface area contributed by atoms with E-state index in [4.69, 9.17) is 0 Å². The second-order valence-electron chi connectivity index (χ2n) is 5.81. The van der Waals surface area contributed by atoms with E-state index in [0.29, 0.717) is 6.07 Å². The van der Waals surface area contributed by atoms with E-state index in [0.717, 1.165) is 11.6 Å². The van der Waals surface area contributed by atoms with Crippen molar-refractivity contribution in [1.82, 2.24) is 0 Å². The molecule has 0 aromatic heterocycles. The number of anilines is 1. The Balaban J connectivity index is 1.84. The van der Waals surface area contributed by atoms with Gasteiger partial charge in [-0.15, -0.1) is 0 Å². The third kappa shape index (κ3) is 5.56. The number of esters is 1. The molecule has 0 unspecified atom stereocenters. The molecule has 0 aliphatic heterocycles. The molecule has 0 aliphatic rings. The molecule has 0 radical (unpaired) electrons. The lowest BCUT2D eigenvalue weighted by Crippen LogP contribution is -2.22. The number of benzene rings is 2. The minimum Gasteiger partial charge on any atom is -0.456 e. The molecule has 0 heterocycles. The summed E-state index contributed by atoms with van der Waals surface area (Å²) in [5.41, 5.74) is 0.253. The number of ether oxygens (including phenoxy) is 1. The SMILES string of the molecule is Cc1ccc(S(=O)(=O)CCC(=O)OCC(=O)Nc2ccc(F)c(F)c2F)cc1. The third-order valence-corrected chi connectivity index (χ3v) is 5.36. The zero-order valence-corrected chi connectivity index (χ0v) is 15.5. The van der Waals surface area contributed by atoms with Crippen LogP contribution in [-0.4, -0.2) is 32.7 Å². The molecule has 2 aromatic carbocycles. The van der Waals surface area contributed by atoms with Crippen LogP contribution < -0.4 is 5.32 Å². The monoisotopic (exact) mass is 415 g/mol. The first-order chi connectivity index (χ1) is 13.1. The van der Waals surface area contributed by atoms with Gasteiger partial charge in [-0.05, 0) is 31.2 Å². The van der Waals surface area contributed by atoms with E-state index in [2.05, 4.69) is 4.74 Å².